The molecule has 5 nitrogen and oxygen atoms in total. The molecule has 0 amide bonds. The molecule has 2 aromatic rings. The smallest absolute Gasteiger partial charge is 0.258 e. The molecular weight excluding hydrogens is 218 g/mol. The average Bonchev–Trinajstić information content (AvgIpc) is 2.27. The Bertz CT molecular complexity index is 567. The monoisotopic (exact) mass is 231 g/mol. The van der Waals surface area contributed by atoms with E-state index in [1.54, 1.807) is 12.3 Å². The topological polar surface area (TPSA) is 68.9 Å². The summed E-state index contributed by atoms with van der Waals surface area (Å²) in [5.74, 6) is 0.329. The summed E-state index contributed by atoms with van der Waals surface area (Å²) in [5, 5.41) is 11.0. The van der Waals surface area contributed by atoms with E-state index in [2.05, 4.69) is 9.97 Å². The third kappa shape index (κ3) is 2.38. The van der Waals surface area contributed by atoms with E-state index >= 15 is 0 Å². The Kier molecular flexibility index (Phi) is 2.99. The second-order valence-electron chi connectivity index (χ2n) is 4.35. The maximum absolute atomic E-state index is 11.0. The Balaban J connectivity index is 2.62. The summed E-state index contributed by atoms with van der Waals surface area (Å²) >= 11 is 0. The fourth-order valence-electron chi connectivity index (χ4n) is 1.73. The molecule has 0 radical (unpaired) electrons. The highest BCUT2D eigenvalue weighted by molar-refractivity contribution is 5.76. The molecule has 0 aliphatic carbocycles. The Morgan fingerprint density at radius 3 is 2.82 bits per heavy atom. The van der Waals surface area contributed by atoms with Crippen LogP contribution in [0.5, 0.6) is 0 Å². The van der Waals surface area contributed by atoms with Crippen molar-refractivity contribution in [2.24, 2.45) is 5.92 Å². The summed E-state index contributed by atoms with van der Waals surface area (Å²) in [7, 11) is 0. The molecule has 0 aliphatic rings. The fraction of sp³-hybridized carbons (Fsp3) is 0.333. The van der Waals surface area contributed by atoms with E-state index in [-0.39, 0.29) is 5.69 Å². The summed E-state index contributed by atoms with van der Waals surface area (Å²) in [6, 6.07) is 5.09. The number of aromatic nitrogens is 2. The van der Waals surface area contributed by atoms with E-state index in [0.29, 0.717) is 29.1 Å². The third-order valence-electron chi connectivity index (χ3n) is 2.44. The van der Waals surface area contributed by atoms with Crippen molar-refractivity contribution in [1.29, 1.82) is 0 Å². The van der Waals surface area contributed by atoms with Gasteiger partial charge < -0.3 is 0 Å². The molecule has 88 valence electrons. The molecule has 0 N–H and O–H groups in total. The van der Waals surface area contributed by atoms with Gasteiger partial charge in [0, 0.05) is 12.3 Å². The summed E-state index contributed by atoms with van der Waals surface area (Å²) in [6.07, 6.45) is 2.21. The number of hydrogen-bond donors (Lipinski definition) is 0. The average molecular weight is 231 g/mol. The Morgan fingerprint density at radius 2 is 2.18 bits per heavy atom. The first-order valence-electron chi connectivity index (χ1n) is 5.47. The van der Waals surface area contributed by atoms with Gasteiger partial charge in [0.2, 0.25) is 0 Å². The fourth-order valence-corrected chi connectivity index (χ4v) is 1.73. The highest BCUT2D eigenvalue weighted by atomic mass is 16.6. The van der Waals surface area contributed by atoms with Crippen molar-refractivity contribution >= 4 is 16.7 Å². The number of nitrogens with zero attached hydrogens (tertiary/aromatic N) is 3. The summed E-state index contributed by atoms with van der Waals surface area (Å²) in [5.41, 5.74) is 1.86. The van der Waals surface area contributed by atoms with Crippen LogP contribution in [-0.4, -0.2) is 14.9 Å². The third-order valence-corrected chi connectivity index (χ3v) is 2.44. The van der Waals surface area contributed by atoms with Gasteiger partial charge in [-0.05, 0) is 24.5 Å². The number of pyridine rings is 2. The van der Waals surface area contributed by atoms with Crippen LogP contribution in [-0.2, 0) is 6.42 Å². The van der Waals surface area contributed by atoms with E-state index in [1.165, 1.54) is 6.07 Å². The Morgan fingerprint density at radius 1 is 1.41 bits per heavy atom. The number of hydrogen-bond acceptors (Lipinski definition) is 4. The zero-order chi connectivity index (χ0) is 12.4. The van der Waals surface area contributed by atoms with Gasteiger partial charge in [0.15, 0.2) is 0 Å². The zero-order valence-electron chi connectivity index (χ0n) is 9.75. The molecule has 0 aliphatic heterocycles. The SMILES string of the molecule is CC(C)Cc1nc2cccnc2cc1[N+](=O)[O-]. The molecule has 0 saturated carbocycles. The van der Waals surface area contributed by atoms with Crippen LogP contribution in [0.4, 0.5) is 5.69 Å². The zero-order valence-corrected chi connectivity index (χ0v) is 9.75. The van der Waals surface area contributed by atoms with Crippen molar-refractivity contribution in [2.75, 3.05) is 0 Å². The molecule has 0 unspecified atom stereocenters. The lowest BCUT2D eigenvalue weighted by Gasteiger charge is -2.06. The number of nitro groups is 1. The van der Waals surface area contributed by atoms with Gasteiger partial charge in [-0.1, -0.05) is 13.8 Å². The highest BCUT2D eigenvalue weighted by Gasteiger charge is 2.17. The van der Waals surface area contributed by atoms with Crippen LogP contribution in [0.15, 0.2) is 24.4 Å². The molecule has 17 heavy (non-hydrogen) atoms. The van der Waals surface area contributed by atoms with Gasteiger partial charge in [0.25, 0.3) is 5.69 Å². The van der Waals surface area contributed by atoms with Crippen LogP contribution in [0, 0.1) is 16.0 Å². The Hall–Kier alpha value is -2.04. The van der Waals surface area contributed by atoms with Gasteiger partial charge in [0.1, 0.15) is 5.69 Å². The lowest BCUT2D eigenvalue weighted by atomic mass is 10.1. The summed E-state index contributed by atoms with van der Waals surface area (Å²) < 4.78 is 0. The quantitative estimate of drug-likeness (QED) is 0.601. The highest BCUT2D eigenvalue weighted by Crippen LogP contribution is 2.23. The second-order valence-corrected chi connectivity index (χ2v) is 4.35. The van der Waals surface area contributed by atoms with Crippen molar-refractivity contribution in [3.05, 3.63) is 40.2 Å². The normalized spacial score (nSPS) is 11.0. The first-order valence-corrected chi connectivity index (χ1v) is 5.47. The summed E-state index contributed by atoms with van der Waals surface area (Å²) in [4.78, 5) is 19.0. The molecule has 0 saturated heterocycles. The van der Waals surface area contributed by atoms with Crippen LogP contribution in [0.25, 0.3) is 11.0 Å². The van der Waals surface area contributed by atoms with Crippen molar-refractivity contribution in [2.45, 2.75) is 20.3 Å². The largest absolute Gasteiger partial charge is 0.292 e. The summed E-state index contributed by atoms with van der Waals surface area (Å²) in [6.45, 7) is 4.03. The van der Waals surface area contributed by atoms with Gasteiger partial charge in [-0.3, -0.25) is 15.1 Å². The van der Waals surface area contributed by atoms with Crippen LogP contribution in [0.1, 0.15) is 19.5 Å². The van der Waals surface area contributed by atoms with Crippen molar-refractivity contribution in [3.8, 4) is 0 Å². The molecule has 0 bridgehead atoms. The van der Waals surface area contributed by atoms with Crippen LogP contribution >= 0.6 is 0 Å². The van der Waals surface area contributed by atoms with Gasteiger partial charge in [0.05, 0.1) is 16.0 Å². The van der Waals surface area contributed by atoms with Gasteiger partial charge in [-0.15, -0.1) is 0 Å². The first-order chi connectivity index (χ1) is 8.08. The molecule has 0 spiro atoms. The van der Waals surface area contributed by atoms with Gasteiger partial charge in [-0.2, -0.15) is 0 Å². The molecular formula is C12H13N3O2. The minimum Gasteiger partial charge on any atom is -0.258 e. The lowest BCUT2D eigenvalue weighted by Crippen LogP contribution is -2.03. The Labute approximate surface area is 98.7 Å². The van der Waals surface area contributed by atoms with E-state index in [9.17, 15) is 10.1 Å². The first kappa shape index (κ1) is 11.4. The lowest BCUT2D eigenvalue weighted by molar-refractivity contribution is -0.385. The maximum atomic E-state index is 11.0. The standard InChI is InChI=1S/C12H13N3O2/c1-8(2)6-11-12(15(16)17)7-10-9(14-11)4-3-5-13-10/h3-5,7-8H,6H2,1-2H3. The second kappa shape index (κ2) is 4.45. The van der Waals surface area contributed by atoms with E-state index in [0.717, 1.165) is 0 Å². The molecule has 2 aromatic heterocycles. The molecule has 2 heterocycles. The predicted octanol–water partition coefficient (Wildman–Crippen LogP) is 2.74. The molecule has 2 rings (SSSR count). The van der Waals surface area contributed by atoms with Crippen LogP contribution < -0.4 is 0 Å². The molecule has 5 heteroatoms. The van der Waals surface area contributed by atoms with Gasteiger partial charge in [-0.25, -0.2) is 4.98 Å². The van der Waals surface area contributed by atoms with Crippen molar-refractivity contribution in [3.63, 3.8) is 0 Å². The van der Waals surface area contributed by atoms with Crippen LogP contribution in [0.2, 0.25) is 0 Å². The molecule has 0 aromatic carbocycles. The van der Waals surface area contributed by atoms with E-state index in [4.69, 9.17) is 0 Å². The van der Waals surface area contributed by atoms with E-state index < -0.39 is 4.92 Å². The van der Waals surface area contributed by atoms with Crippen molar-refractivity contribution in [1.82, 2.24) is 9.97 Å². The number of fused-ring (bicyclic) bond motifs is 1. The van der Waals surface area contributed by atoms with E-state index in [1.807, 2.05) is 19.9 Å². The van der Waals surface area contributed by atoms with Crippen molar-refractivity contribution < 1.29 is 4.92 Å². The maximum Gasteiger partial charge on any atom is 0.292 e. The minimum absolute atomic E-state index is 0.0601. The van der Waals surface area contributed by atoms with Crippen LogP contribution in [0.3, 0.4) is 0 Å². The predicted molar refractivity (Wildman–Crippen MR) is 64.7 cm³/mol. The number of rotatable bonds is 3. The molecule has 0 fully saturated rings. The molecule has 0 atom stereocenters. The minimum atomic E-state index is -0.390. The van der Waals surface area contributed by atoms with Gasteiger partial charge >= 0.3 is 0 Å².